The van der Waals surface area contributed by atoms with Gasteiger partial charge in [-0.15, -0.1) is 0 Å². The van der Waals surface area contributed by atoms with E-state index in [4.69, 9.17) is 9.26 Å². The number of aromatic hydroxyl groups is 1. The van der Waals surface area contributed by atoms with Gasteiger partial charge in [0.2, 0.25) is 0 Å². The first-order chi connectivity index (χ1) is 15.5. The fourth-order valence-corrected chi connectivity index (χ4v) is 4.21. The van der Waals surface area contributed by atoms with Gasteiger partial charge in [-0.1, -0.05) is 12.1 Å². The lowest BCUT2D eigenvalue weighted by atomic mass is 10.1. The number of nitrogens with zero attached hydrogens (tertiary/aromatic N) is 1. The van der Waals surface area contributed by atoms with Gasteiger partial charge < -0.3 is 30.1 Å². The van der Waals surface area contributed by atoms with Crippen molar-refractivity contribution in [3.63, 3.8) is 0 Å². The predicted molar refractivity (Wildman–Crippen MR) is 109 cm³/mol. The molecule has 0 spiro atoms. The molecular formula is C18H22N3O11P. The number of benzene rings is 1. The van der Waals surface area contributed by atoms with E-state index >= 15 is 0 Å². The number of carbonyl (C=O) groups is 1. The van der Waals surface area contributed by atoms with Crippen molar-refractivity contribution in [2.75, 3.05) is 6.61 Å². The van der Waals surface area contributed by atoms with E-state index in [1.807, 2.05) is 10.1 Å². The summed E-state index contributed by atoms with van der Waals surface area (Å²) in [5.74, 6) is -1.47. The van der Waals surface area contributed by atoms with Crippen molar-refractivity contribution in [1.82, 2.24) is 14.6 Å². The monoisotopic (exact) mass is 487 g/mol. The van der Waals surface area contributed by atoms with Crippen molar-refractivity contribution in [3.8, 4) is 5.75 Å². The largest absolute Gasteiger partial charge is 0.508 e. The van der Waals surface area contributed by atoms with E-state index in [0.717, 1.165) is 16.8 Å². The van der Waals surface area contributed by atoms with Crippen LogP contribution < -0.4 is 16.3 Å². The zero-order valence-electron chi connectivity index (χ0n) is 16.8. The summed E-state index contributed by atoms with van der Waals surface area (Å²) in [5, 5.41) is 41.0. The van der Waals surface area contributed by atoms with Crippen LogP contribution in [0.15, 0.2) is 46.1 Å². The van der Waals surface area contributed by atoms with Gasteiger partial charge >= 0.3 is 19.4 Å². The van der Waals surface area contributed by atoms with Gasteiger partial charge in [0.15, 0.2) is 6.23 Å². The lowest BCUT2D eigenvalue weighted by Crippen LogP contribution is -2.38. The molecule has 2 aromatic rings. The van der Waals surface area contributed by atoms with Crippen molar-refractivity contribution in [3.05, 3.63) is 62.9 Å². The molecule has 1 saturated heterocycles. The summed E-state index contributed by atoms with van der Waals surface area (Å²) in [6.45, 7) is -0.737. The van der Waals surface area contributed by atoms with Crippen LogP contribution in [0.1, 0.15) is 11.8 Å². The molecule has 1 fully saturated rings. The standard InChI is InChI=1S/C18H22N3O11P/c22-10-3-1-9(2-4-10)7-11(17(26)27)20-33(29,30)31-8-12-14(24)15(25)16(32-12)21-6-5-13(23)19-18(21)28/h1-6,11-12,14-16,22,24-25H,7-8H2,(H,26,27)(H,19,23,28)(H2,20,29,30)/t11-,12+,14+,15+,16+/m0/s1. The molecule has 7 N–H and O–H groups in total. The number of phenolic OH excluding ortho intramolecular Hbond substituents is 1. The van der Waals surface area contributed by atoms with Crippen molar-refractivity contribution in [1.29, 1.82) is 0 Å². The summed E-state index contributed by atoms with van der Waals surface area (Å²) in [6.07, 6.45) is -5.18. The van der Waals surface area contributed by atoms with Gasteiger partial charge in [-0.2, -0.15) is 0 Å². The van der Waals surface area contributed by atoms with Gasteiger partial charge in [-0.05, 0) is 24.1 Å². The summed E-state index contributed by atoms with van der Waals surface area (Å²) in [4.78, 5) is 46.6. The number of carboxylic acid groups (broad SMARTS) is 1. The molecule has 1 aliphatic heterocycles. The number of aromatic nitrogens is 2. The lowest BCUT2D eigenvalue weighted by Gasteiger charge is -2.21. The number of rotatable bonds is 9. The normalized spacial score (nSPS) is 25.4. The van der Waals surface area contributed by atoms with Crippen LogP contribution in [0, 0.1) is 0 Å². The van der Waals surface area contributed by atoms with Crippen LogP contribution >= 0.6 is 7.75 Å². The van der Waals surface area contributed by atoms with E-state index in [9.17, 15) is 44.3 Å². The first-order valence-corrected chi connectivity index (χ1v) is 11.1. The molecule has 1 aliphatic rings. The van der Waals surface area contributed by atoms with Crippen molar-refractivity contribution in [2.24, 2.45) is 0 Å². The molecule has 3 rings (SSSR count). The number of aromatic amines is 1. The van der Waals surface area contributed by atoms with Crippen LogP contribution in [-0.2, 0) is 25.0 Å². The second-order valence-corrected chi connectivity index (χ2v) is 8.83. The van der Waals surface area contributed by atoms with Crippen LogP contribution in [0.25, 0.3) is 0 Å². The Labute approximate surface area is 185 Å². The highest BCUT2D eigenvalue weighted by atomic mass is 31.2. The van der Waals surface area contributed by atoms with Crippen LogP contribution in [0.5, 0.6) is 5.75 Å². The molecule has 1 unspecified atom stereocenters. The minimum absolute atomic E-state index is 0.0329. The smallest absolute Gasteiger partial charge is 0.403 e. The molecule has 0 radical (unpaired) electrons. The van der Waals surface area contributed by atoms with Crippen LogP contribution in [0.4, 0.5) is 0 Å². The van der Waals surface area contributed by atoms with Crippen molar-refractivity contribution < 1.29 is 43.9 Å². The molecule has 15 heteroatoms. The van der Waals surface area contributed by atoms with Crippen LogP contribution in [-0.4, -0.2) is 71.8 Å². The molecule has 1 aromatic carbocycles. The fraction of sp³-hybridized carbons (Fsp3) is 0.389. The molecule has 0 saturated carbocycles. The average molecular weight is 487 g/mol. The first kappa shape index (κ1) is 24.8. The molecule has 14 nitrogen and oxygen atoms in total. The highest BCUT2D eigenvalue weighted by molar-refractivity contribution is 7.50. The minimum Gasteiger partial charge on any atom is -0.508 e. The quantitative estimate of drug-likeness (QED) is 0.196. The van der Waals surface area contributed by atoms with Crippen LogP contribution in [0.2, 0.25) is 0 Å². The molecule has 180 valence electrons. The number of aliphatic carboxylic acids is 1. The first-order valence-electron chi connectivity index (χ1n) is 9.56. The molecule has 6 atom stereocenters. The van der Waals surface area contributed by atoms with E-state index in [0.29, 0.717) is 5.56 Å². The number of ether oxygens (including phenoxy) is 1. The summed E-state index contributed by atoms with van der Waals surface area (Å²) in [5.41, 5.74) is -1.13. The number of nitrogens with one attached hydrogen (secondary N) is 2. The molecule has 0 aliphatic carbocycles. The topological polar surface area (TPSA) is 221 Å². The number of carboxylic acids is 1. The number of hydrogen-bond acceptors (Lipinski definition) is 9. The third-order valence-electron chi connectivity index (χ3n) is 4.87. The highest BCUT2D eigenvalue weighted by Crippen LogP contribution is 2.40. The Kier molecular flexibility index (Phi) is 7.49. The number of hydrogen-bond donors (Lipinski definition) is 7. The van der Waals surface area contributed by atoms with E-state index in [1.165, 1.54) is 24.3 Å². The molecule has 2 heterocycles. The highest BCUT2D eigenvalue weighted by Gasteiger charge is 2.45. The van der Waals surface area contributed by atoms with Gasteiger partial charge in [-0.25, -0.2) is 14.4 Å². The van der Waals surface area contributed by atoms with E-state index < -0.39 is 62.2 Å². The van der Waals surface area contributed by atoms with Crippen LogP contribution in [0.3, 0.4) is 0 Å². The predicted octanol–water partition coefficient (Wildman–Crippen LogP) is -1.74. The van der Waals surface area contributed by atoms with E-state index in [-0.39, 0.29) is 12.2 Å². The van der Waals surface area contributed by atoms with E-state index in [2.05, 4.69) is 0 Å². The second kappa shape index (κ2) is 9.97. The van der Waals surface area contributed by atoms with Gasteiger partial charge in [0.25, 0.3) is 5.56 Å². The zero-order valence-corrected chi connectivity index (χ0v) is 17.7. The Morgan fingerprint density at radius 1 is 1.21 bits per heavy atom. The second-order valence-electron chi connectivity index (χ2n) is 7.27. The zero-order chi connectivity index (χ0) is 24.3. The summed E-state index contributed by atoms with van der Waals surface area (Å²) in [7, 11) is -4.72. The van der Waals surface area contributed by atoms with Gasteiger partial charge in [0, 0.05) is 12.3 Å². The SMILES string of the molecule is O=C(O)[C@H](Cc1ccc(O)cc1)NP(=O)(O)OC[C@H]1O[C@@H](n2ccc(=O)[nH]c2=O)[C@H](O)[C@@H]1O. The molecule has 0 amide bonds. The molecule has 1 aromatic heterocycles. The molecule has 33 heavy (non-hydrogen) atoms. The maximum Gasteiger partial charge on any atom is 0.403 e. The Hall–Kier alpha value is -2.84. The Morgan fingerprint density at radius 2 is 1.88 bits per heavy atom. The Morgan fingerprint density at radius 3 is 2.48 bits per heavy atom. The summed E-state index contributed by atoms with van der Waals surface area (Å²) < 4.78 is 23.4. The Balaban J connectivity index is 1.64. The van der Waals surface area contributed by atoms with Gasteiger partial charge in [-0.3, -0.25) is 23.7 Å². The molecular weight excluding hydrogens is 465 g/mol. The maximum atomic E-state index is 12.4. The molecule has 0 bridgehead atoms. The Bertz CT molecular complexity index is 1150. The van der Waals surface area contributed by atoms with Gasteiger partial charge in [0.1, 0.15) is 30.1 Å². The van der Waals surface area contributed by atoms with Crippen molar-refractivity contribution in [2.45, 2.75) is 37.0 Å². The van der Waals surface area contributed by atoms with Gasteiger partial charge in [0.05, 0.1) is 6.61 Å². The maximum absolute atomic E-state index is 12.4. The number of phenols is 1. The fourth-order valence-electron chi connectivity index (χ4n) is 3.19. The lowest BCUT2D eigenvalue weighted by molar-refractivity contribution is -0.139. The number of aliphatic hydroxyl groups excluding tert-OH is 2. The van der Waals surface area contributed by atoms with Crippen molar-refractivity contribution >= 4 is 13.7 Å². The number of H-pyrrole nitrogens is 1. The average Bonchev–Trinajstić information content (AvgIpc) is 3.02. The third kappa shape index (κ3) is 6.15. The third-order valence-corrected chi connectivity index (χ3v) is 6.01. The summed E-state index contributed by atoms with van der Waals surface area (Å²) in [6, 6.07) is 5.02. The minimum atomic E-state index is -4.72. The summed E-state index contributed by atoms with van der Waals surface area (Å²) >= 11 is 0. The number of aliphatic hydroxyl groups is 2. The van der Waals surface area contributed by atoms with E-state index in [1.54, 1.807) is 0 Å².